The van der Waals surface area contributed by atoms with Gasteiger partial charge >= 0.3 is 0 Å². The molecule has 0 spiro atoms. The Hall–Kier alpha value is 0.0169. The van der Waals surface area contributed by atoms with Crippen molar-refractivity contribution in [2.75, 3.05) is 0 Å². The first-order valence-electron chi connectivity index (χ1n) is 9.56. The zero-order valence-corrected chi connectivity index (χ0v) is 17.4. The third-order valence-electron chi connectivity index (χ3n) is 4.63. The zero-order chi connectivity index (χ0) is 16.8. The second kappa shape index (κ2) is 14.4. The zero-order valence-electron chi connectivity index (χ0n) is 14.8. The van der Waals surface area contributed by atoms with E-state index in [9.17, 15) is 0 Å². The third kappa shape index (κ3) is 11.2. The van der Waals surface area contributed by atoms with E-state index in [0.29, 0.717) is 5.54 Å². The maximum atomic E-state index is 6.32. The van der Waals surface area contributed by atoms with Crippen LogP contribution >= 0.6 is 22.2 Å². The van der Waals surface area contributed by atoms with Gasteiger partial charge in [-0.3, -0.25) is 0 Å². The van der Waals surface area contributed by atoms with Crippen molar-refractivity contribution in [1.29, 1.82) is 0 Å². The molecule has 0 nitrogen and oxygen atoms in total. The molecule has 0 aromatic heterocycles. The monoisotopic (exact) mass is 372 g/mol. The number of benzene rings is 1. The molecule has 23 heavy (non-hydrogen) atoms. The summed E-state index contributed by atoms with van der Waals surface area (Å²) in [4.78, 5) is 0. The van der Waals surface area contributed by atoms with Gasteiger partial charge in [0.25, 0.3) is 0 Å². The van der Waals surface area contributed by atoms with Crippen LogP contribution < -0.4 is 0 Å². The first-order chi connectivity index (χ1) is 11.2. The van der Waals surface area contributed by atoms with Crippen LogP contribution in [0.2, 0.25) is 5.54 Å². The maximum Gasteiger partial charge on any atom is 0.240 e. The van der Waals surface area contributed by atoms with Crippen LogP contribution in [0.1, 0.15) is 83.1 Å². The minimum absolute atomic E-state index is 0.523. The Balaban J connectivity index is 2.05. The van der Waals surface area contributed by atoms with E-state index in [1.54, 1.807) is 0 Å². The fourth-order valence-corrected chi connectivity index (χ4v) is 5.36. The molecule has 0 aliphatic heterocycles. The van der Waals surface area contributed by atoms with Gasteiger partial charge in [0.05, 0.1) is 0 Å². The van der Waals surface area contributed by atoms with Gasteiger partial charge in [0.15, 0.2) is 0 Å². The molecule has 0 aliphatic rings. The van der Waals surface area contributed by atoms with Crippen LogP contribution in [0.15, 0.2) is 30.3 Å². The number of unbranched alkanes of at least 4 members (excludes halogenated alkanes) is 9. The average molecular weight is 373 g/mol. The number of halogens is 2. The van der Waals surface area contributed by atoms with E-state index in [1.807, 2.05) is 0 Å². The first kappa shape index (κ1) is 21.1. The fourth-order valence-electron chi connectivity index (χ4n) is 3.13. The largest absolute Gasteiger partial charge is 0.240 e. The summed E-state index contributed by atoms with van der Waals surface area (Å²) in [6.07, 6.45) is 16.1. The lowest BCUT2D eigenvalue weighted by molar-refractivity contribution is 0.543. The molecule has 3 heteroatoms. The van der Waals surface area contributed by atoms with Gasteiger partial charge in [-0.2, -0.15) is 22.2 Å². The van der Waals surface area contributed by atoms with Gasteiger partial charge in [0, 0.05) is 0 Å². The summed E-state index contributed by atoms with van der Waals surface area (Å²) in [7, 11) is -1.59. The summed E-state index contributed by atoms with van der Waals surface area (Å²) in [5.41, 5.74) is 1.90. The molecule has 0 saturated carbocycles. The molecule has 1 aromatic carbocycles. The van der Waals surface area contributed by atoms with Crippen LogP contribution in [-0.4, -0.2) is 7.42 Å². The number of rotatable bonds is 14. The van der Waals surface area contributed by atoms with E-state index in [-0.39, 0.29) is 0 Å². The van der Waals surface area contributed by atoms with Crippen molar-refractivity contribution in [2.24, 2.45) is 0 Å². The SMILES string of the molecule is CCCCCCCCCCCCC(Cc1ccccc1)[SiH](Cl)Cl. The second-order valence-electron chi connectivity index (χ2n) is 6.75. The summed E-state index contributed by atoms with van der Waals surface area (Å²) in [6.45, 7) is 2.28. The van der Waals surface area contributed by atoms with Crippen molar-refractivity contribution in [3.63, 3.8) is 0 Å². The van der Waals surface area contributed by atoms with Crippen LogP contribution in [0.25, 0.3) is 0 Å². The lowest BCUT2D eigenvalue weighted by Crippen LogP contribution is -2.10. The topological polar surface area (TPSA) is 0 Å². The molecule has 0 heterocycles. The normalized spacial score (nSPS) is 12.7. The molecule has 0 amide bonds. The standard InChI is InChI=1S/C20H34Cl2Si/c1-2-3-4-5-6-7-8-9-10-14-17-20(23(21)22)18-19-15-12-11-13-16-19/h11-13,15-16,20,23H,2-10,14,17-18H2,1H3. The van der Waals surface area contributed by atoms with E-state index in [0.717, 1.165) is 6.42 Å². The minimum atomic E-state index is -1.59. The Morgan fingerprint density at radius 1 is 0.783 bits per heavy atom. The summed E-state index contributed by atoms with van der Waals surface area (Å²) < 4.78 is 0. The molecule has 1 aromatic rings. The van der Waals surface area contributed by atoms with Gasteiger partial charge in [-0.15, -0.1) is 0 Å². The van der Waals surface area contributed by atoms with Crippen LogP contribution in [0, 0.1) is 0 Å². The van der Waals surface area contributed by atoms with Crippen LogP contribution in [0.5, 0.6) is 0 Å². The number of hydrogen-bond donors (Lipinski definition) is 0. The molecule has 1 atom stereocenters. The molecular weight excluding hydrogens is 339 g/mol. The van der Waals surface area contributed by atoms with Crippen molar-refractivity contribution in [3.05, 3.63) is 35.9 Å². The Bertz CT molecular complexity index is 367. The molecule has 0 aliphatic carbocycles. The molecule has 0 fully saturated rings. The van der Waals surface area contributed by atoms with Gasteiger partial charge in [0.1, 0.15) is 0 Å². The smallest absolute Gasteiger partial charge is 0.150 e. The van der Waals surface area contributed by atoms with E-state index >= 15 is 0 Å². The fraction of sp³-hybridized carbons (Fsp3) is 0.700. The van der Waals surface area contributed by atoms with Gasteiger partial charge < -0.3 is 0 Å². The van der Waals surface area contributed by atoms with Crippen molar-refractivity contribution in [2.45, 2.75) is 89.5 Å². The molecule has 1 rings (SSSR count). The van der Waals surface area contributed by atoms with Gasteiger partial charge in [0.2, 0.25) is 7.42 Å². The van der Waals surface area contributed by atoms with Gasteiger partial charge in [-0.25, -0.2) is 0 Å². The summed E-state index contributed by atoms with van der Waals surface area (Å²) in [6, 6.07) is 10.7. The molecule has 0 saturated heterocycles. The maximum absolute atomic E-state index is 6.32. The quantitative estimate of drug-likeness (QED) is 0.179. The van der Waals surface area contributed by atoms with Crippen LogP contribution in [0.4, 0.5) is 0 Å². The van der Waals surface area contributed by atoms with Crippen molar-refractivity contribution in [3.8, 4) is 0 Å². The molecule has 132 valence electrons. The van der Waals surface area contributed by atoms with E-state index in [1.165, 1.54) is 76.2 Å². The molecule has 0 N–H and O–H groups in total. The molecular formula is C20H34Cl2Si. The van der Waals surface area contributed by atoms with E-state index < -0.39 is 7.42 Å². The van der Waals surface area contributed by atoms with Gasteiger partial charge in [-0.1, -0.05) is 108 Å². The Labute approximate surface area is 155 Å². The van der Waals surface area contributed by atoms with Gasteiger partial charge in [-0.05, 0) is 17.5 Å². The van der Waals surface area contributed by atoms with E-state index in [2.05, 4.69) is 37.3 Å². The van der Waals surface area contributed by atoms with E-state index in [4.69, 9.17) is 22.2 Å². The second-order valence-corrected chi connectivity index (χ2v) is 11.9. The third-order valence-corrected chi connectivity index (χ3v) is 8.05. The average Bonchev–Trinajstić information content (AvgIpc) is 2.56. The highest BCUT2D eigenvalue weighted by atomic mass is 35.7. The van der Waals surface area contributed by atoms with Crippen LogP contribution in [0.3, 0.4) is 0 Å². The van der Waals surface area contributed by atoms with Crippen LogP contribution in [-0.2, 0) is 6.42 Å². The predicted octanol–water partition coefficient (Wildman–Crippen LogP) is 7.61. The van der Waals surface area contributed by atoms with Crippen molar-refractivity contribution >= 4 is 29.6 Å². The summed E-state index contributed by atoms with van der Waals surface area (Å²) in [5.74, 6) is 0. The molecule has 0 bridgehead atoms. The Morgan fingerprint density at radius 2 is 1.30 bits per heavy atom. The highest BCUT2D eigenvalue weighted by molar-refractivity contribution is 7.34. The van der Waals surface area contributed by atoms with Crippen molar-refractivity contribution < 1.29 is 0 Å². The molecule has 1 unspecified atom stereocenters. The van der Waals surface area contributed by atoms with Crippen molar-refractivity contribution in [1.82, 2.24) is 0 Å². The summed E-state index contributed by atoms with van der Waals surface area (Å²) in [5, 5.41) is 0. The highest BCUT2D eigenvalue weighted by Crippen LogP contribution is 2.28. The minimum Gasteiger partial charge on any atom is -0.150 e. The Morgan fingerprint density at radius 3 is 1.83 bits per heavy atom. The summed E-state index contributed by atoms with van der Waals surface area (Å²) >= 11 is 12.6. The lowest BCUT2D eigenvalue weighted by atomic mass is 10.0. The highest BCUT2D eigenvalue weighted by Gasteiger charge is 2.19. The lowest BCUT2D eigenvalue weighted by Gasteiger charge is -2.16. The Kier molecular flexibility index (Phi) is 13.2. The molecule has 0 radical (unpaired) electrons. The number of hydrogen-bond acceptors (Lipinski definition) is 0. The predicted molar refractivity (Wildman–Crippen MR) is 109 cm³/mol. The first-order valence-corrected chi connectivity index (χ1v) is 13.7.